The van der Waals surface area contributed by atoms with Crippen LogP contribution in [0.2, 0.25) is 5.02 Å². The van der Waals surface area contributed by atoms with Gasteiger partial charge in [-0.1, -0.05) is 30.7 Å². The Bertz CT molecular complexity index is 484. The van der Waals surface area contributed by atoms with Gasteiger partial charge in [-0.15, -0.1) is 11.3 Å². The van der Waals surface area contributed by atoms with Crippen LogP contribution in [-0.2, 0) is 0 Å². The molecule has 0 saturated carbocycles. The molecule has 0 amide bonds. The number of aromatic nitrogens is 1. The van der Waals surface area contributed by atoms with Gasteiger partial charge >= 0.3 is 0 Å². The first-order valence-electron chi connectivity index (χ1n) is 6.10. The molecule has 2 aromatic rings. The molecule has 1 heterocycles. The summed E-state index contributed by atoms with van der Waals surface area (Å²) in [5.41, 5.74) is 3.11. The van der Waals surface area contributed by atoms with Gasteiger partial charge in [0.1, 0.15) is 0 Å². The van der Waals surface area contributed by atoms with Crippen molar-refractivity contribution in [3.63, 3.8) is 0 Å². The Balaban J connectivity index is 2.10. The van der Waals surface area contributed by atoms with Crippen LogP contribution in [0.25, 0.3) is 0 Å². The molecule has 18 heavy (non-hydrogen) atoms. The second-order valence-electron chi connectivity index (χ2n) is 4.31. The molecular formula is C14H17ClN2S. The Morgan fingerprint density at radius 3 is 2.89 bits per heavy atom. The second kappa shape index (κ2) is 6.32. The molecule has 0 spiro atoms. The molecule has 0 aliphatic rings. The second-order valence-corrected chi connectivity index (χ2v) is 5.66. The molecule has 2 unspecified atom stereocenters. The van der Waals surface area contributed by atoms with Crippen LogP contribution in [0.1, 0.15) is 42.8 Å². The molecule has 2 atom stereocenters. The van der Waals surface area contributed by atoms with Gasteiger partial charge in [-0.2, -0.15) is 0 Å². The molecule has 1 aromatic carbocycles. The minimum Gasteiger partial charge on any atom is -0.303 e. The zero-order chi connectivity index (χ0) is 13.0. The van der Waals surface area contributed by atoms with E-state index in [9.17, 15) is 0 Å². The Morgan fingerprint density at radius 2 is 2.28 bits per heavy atom. The molecule has 0 aliphatic carbocycles. The monoisotopic (exact) mass is 280 g/mol. The number of nitrogens with one attached hydrogen (secondary N) is 1. The van der Waals surface area contributed by atoms with Gasteiger partial charge < -0.3 is 5.32 Å². The van der Waals surface area contributed by atoms with Crippen molar-refractivity contribution >= 4 is 22.9 Å². The van der Waals surface area contributed by atoms with E-state index in [0.29, 0.717) is 12.1 Å². The largest absolute Gasteiger partial charge is 0.303 e. The third-order valence-corrected chi connectivity index (χ3v) is 4.18. The highest BCUT2D eigenvalue weighted by Gasteiger charge is 2.14. The summed E-state index contributed by atoms with van der Waals surface area (Å²) in [5, 5.41) is 4.41. The van der Waals surface area contributed by atoms with Crippen molar-refractivity contribution in [3.8, 4) is 0 Å². The molecule has 0 bridgehead atoms. The van der Waals surface area contributed by atoms with E-state index in [4.69, 9.17) is 11.6 Å². The van der Waals surface area contributed by atoms with E-state index in [0.717, 1.165) is 11.4 Å². The smallest absolute Gasteiger partial charge is 0.0794 e. The summed E-state index contributed by atoms with van der Waals surface area (Å²) in [4.78, 5) is 5.38. The molecule has 1 aromatic heterocycles. The van der Waals surface area contributed by atoms with E-state index < -0.39 is 0 Å². The lowest BCUT2D eigenvalue weighted by Gasteiger charge is -2.22. The summed E-state index contributed by atoms with van der Waals surface area (Å²) in [5.74, 6) is 0. The predicted octanol–water partition coefficient (Wildman–Crippen LogP) is 4.60. The van der Waals surface area contributed by atoms with E-state index in [1.54, 1.807) is 11.3 Å². The maximum atomic E-state index is 6.05. The average molecular weight is 281 g/mol. The van der Waals surface area contributed by atoms with Gasteiger partial charge in [0, 0.05) is 28.2 Å². The summed E-state index contributed by atoms with van der Waals surface area (Å²) in [6.07, 6.45) is 2.95. The summed E-state index contributed by atoms with van der Waals surface area (Å²) in [6.45, 7) is 4.35. The summed E-state index contributed by atoms with van der Waals surface area (Å²) < 4.78 is 0. The van der Waals surface area contributed by atoms with E-state index in [-0.39, 0.29) is 0 Å². The Kier molecular flexibility index (Phi) is 4.75. The van der Waals surface area contributed by atoms with Crippen molar-refractivity contribution in [2.45, 2.75) is 32.4 Å². The number of hydrogen-bond acceptors (Lipinski definition) is 3. The number of rotatable bonds is 5. The Morgan fingerprint density at radius 1 is 1.44 bits per heavy atom. The lowest BCUT2D eigenvalue weighted by molar-refractivity contribution is 0.460. The third-order valence-electron chi connectivity index (χ3n) is 2.99. The van der Waals surface area contributed by atoms with Crippen LogP contribution in [-0.4, -0.2) is 4.98 Å². The van der Waals surface area contributed by atoms with Crippen molar-refractivity contribution in [1.82, 2.24) is 10.3 Å². The quantitative estimate of drug-likeness (QED) is 0.866. The van der Waals surface area contributed by atoms with Gasteiger partial charge in [0.25, 0.3) is 0 Å². The molecule has 0 radical (unpaired) electrons. The van der Waals surface area contributed by atoms with Gasteiger partial charge in [-0.05, 0) is 31.0 Å². The van der Waals surface area contributed by atoms with Crippen LogP contribution in [0.4, 0.5) is 0 Å². The zero-order valence-corrected chi connectivity index (χ0v) is 12.1. The molecular weight excluding hydrogens is 264 g/mol. The first-order valence-corrected chi connectivity index (χ1v) is 7.36. The van der Waals surface area contributed by atoms with E-state index in [1.165, 1.54) is 10.4 Å². The van der Waals surface area contributed by atoms with Crippen molar-refractivity contribution in [2.24, 2.45) is 0 Å². The minimum absolute atomic E-state index is 0.307. The molecule has 96 valence electrons. The standard InChI is InChI=1S/C14H17ClN2S/c1-3-13(11-5-4-6-12(15)7-11)17-10(2)14-8-16-9-18-14/h4-10,13,17H,3H2,1-2H3. The van der Waals surface area contributed by atoms with Crippen molar-refractivity contribution < 1.29 is 0 Å². The van der Waals surface area contributed by atoms with E-state index in [2.05, 4.69) is 30.2 Å². The molecule has 0 saturated heterocycles. The number of benzene rings is 1. The molecule has 2 rings (SSSR count). The fourth-order valence-electron chi connectivity index (χ4n) is 2.00. The third kappa shape index (κ3) is 3.31. The predicted molar refractivity (Wildman–Crippen MR) is 78.1 cm³/mol. The van der Waals surface area contributed by atoms with Gasteiger partial charge in [-0.3, -0.25) is 4.98 Å². The summed E-state index contributed by atoms with van der Waals surface area (Å²) in [6, 6.07) is 8.68. The van der Waals surface area contributed by atoms with Crippen molar-refractivity contribution in [2.75, 3.05) is 0 Å². The summed E-state index contributed by atoms with van der Waals surface area (Å²) >= 11 is 7.73. The van der Waals surface area contributed by atoms with Crippen LogP contribution in [0.15, 0.2) is 36.0 Å². The Hall–Kier alpha value is -0.900. The van der Waals surface area contributed by atoms with Crippen LogP contribution < -0.4 is 5.32 Å². The highest BCUT2D eigenvalue weighted by molar-refractivity contribution is 7.09. The summed E-state index contributed by atoms with van der Waals surface area (Å²) in [7, 11) is 0. The normalized spacial score (nSPS) is 14.4. The highest BCUT2D eigenvalue weighted by atomic mass is 35.5. The maximum Gasteiger partial charge on any atom is 0.0794 e. The zero-order valence-electron chi connectivity index (χ0n) is 10.6. The fraction of sp³-hybridized carbons (Fsp3) is 0.357. The van der Waals surface area contributed by atoms with E-state index >= 15 is 0 Å². The lowest BCUT2D eigenvalue weighted by atomic mass is 10.0. The molecule has 1 N–H and O–H groups in total. The van der Waals surface area contributed by atoms with Crippen LogP contribution in [0.5, 0.6) is 0 Å². The van der Waals surface area contributed by atoms with Gasteiger partial charge in [0.05, 0.1) is 5.51 Å². The number of hydrogen-bond donors (Lipinski definition) is 1. The highest BCUT2D eigenvalue weighted by Crippen LogP contribution is 2.25. The maximum absolute atomic E-state index is 6.05. The Labute approximate surface area is 117 Å². The molecule has 0 aliphatic heterocycles. The number of halogens is 1. The number of thiazole rings is 1. The van der Waals surface area contributed by atoms with Gasteiger partial charge in [-0.25, -0.2) is 0 Å². The fourth-order valence-corrected chi connectivity index (χ4v) is 2.83. The lowest BCUT2D eigenvalue weighted by Crippen LogP contribution is -2.23. The van der Waals surface area contributed by atoms with Gasteiger partial charge in [0.15, 0.2) is 0 Å². The van der Waals surface area contributed by atoms with E-state index in [1.807, 2.05) is 29.9 Å². The van der Waals surface area contributed by atoms with Crippen molar-refractivity contribution in [3.05, 3.63) is 51.4 Å². The van der Waals surface area contributed by atoms with Crippen LogP contribution in [0.3, 0.4) is 0 Å². The first kappa shape index (κ1) is 13.5. The minimum atomic E-state index is 0.307. The van der Waals surface area contributed by atoms with Crippen LogP contribution >= 0.6 is 22.9 Å². The van der Waals surface area contributed by atoms with Crippen molar-refractivity contribution in [1.29, 1.82) is 0 Å². The average Bonchev–Trinajstić information content (AvgIpc) is 2.89. The molecule has 0 fully saturated rings. The SMILES string of the molecule is CCC(NC(C)c1cncs1)c1cccc(Cl)c1. The topological polar surface area (TPSA) is 24.9 Å². The van der Waals surface area contributed by atoms with Gasteiger partial charge in [0.2, 0.25) is 0 Å². The molecule has 4 heteroatoms. The molecule has 2 nitrogen and oxygen atoms in total. The number of nitrogens with zero attached hydrogens (tertiary/aromatic N) is 1. The van der Waals surface area contributed by atoms with Crippen LogP contribution in [0, 0.1) is 0 Å². The first-order chi connectivity index (χ1) is 8.70.